The monoisotopic (exact) mass is 506 g/mol. The van der Waals surface area contributed by atoms with E-state index in [0.29, 0.717) is 0 Å². The normalized spacial score (nSPS) is 28.5. The highest BCUT2D eigenvalue weighted by Crippen LogP contribution is 2.66. The number of ether oxygens (including phenoxy) is 1. The number of aliphatic hydroxyl groups excluding tert-OH is 1. The van der Waals surface area contributed by atoms with Crippen LogP contribution in [0.1, 0.15) is 6.23 Å². The number of imidazole rings is 1. The molecule has 4 unspecified atom stereocenters. The van der Waals surface area contributed by atoms with Gasteiger partial charge in [0.1, 0.15) is 24.1 Å². The number of hydrogen-bond acceptors (Lipinski definition) is 13. The number of aliphatic hydroxyl groups is 1. The third-order valence-electron chi connectivity index (χ3n) is 3.90. The first-order valence-electron chi connectivity index (χ1n) is 7.99. The molecule has 0 amide bonds. The summed E-state index contributed by atoms with van der Waals surface area (Å²) >= 11 is 0. The molecule has 0 aliphatic carbocycles. The predicted molar refractivity (Wildman–Crippen MR) is 97.4 cm³/mol. The minimum absolute atomic E-state index is 0.0834. The molecule has 0 aromatic carbocycles. The number of phosphoric ester groups is 1. The highest BCUT2D eigenvalue weighted by molar-refractivity contribution is 7.66. The van der Waals surface area contributed by atoms with Crippen LogP contribution in [-0.4, -0.2) is 69.1 Å². The Kier molecular flexibility index (Phi) is 6.68. The van der Waals surface area contributed by atoms with Crippen LogP contribution in [0.4, 0.5) is 5.82 Å². The van der Waals surface area contributed by atoms with E-state index in [2.05, 4.69) is 28.1 Å². The lowest BCUT2D eigenvalue weighted by molar-refractivity contribution is -0.0428. The summed E-state index contributed by atoms with van der Waals surface area (Å²) in [6.45, 7) is -0.876. The number of nitrogens with zero attached hydrogens (tertiary/aromatic N) is 4. The molecular weight excluding hydrogens is 489 g/mol. The van der Waals surface area contributed by atoms with Crippen molar-refractivity contribution in [1.82, 2.24) is 19.5 Å². The number of hydrogen-bond donors (Lipinski definition) is 7. The van der Waals surface area contributed by atoms with Crippen LogP contribution in [0.5, 0.6) is 0 Å². The van der Waals surface area contributed by atoms with Crippen molar-refractivity contribution in [3.05, 3.63) is 12.7 Å². The minimum Gasteiger partial charge on any atom is -0.389 e. The molecule has 9 N–H and O–H groups in total. The Morgan fingerprint density at radius 1 is 1.10 bits per heavy atom. The van der Waals surface area contributed by atoms with Crippen molar-refractivity contribution in [2.75, 3.05) is 12.3 Å². The molecule has 0 bridgehead atoms. The van der Waals surface area contributed by atoms with Gasteiger partial charge in [-0.15, -0.1) is 0 Å². The van der Waals surface area contributed by atoms with Gasteiger partial charge in [0.2, 0.25) is 0 Å². The van der Waals surface area contributed by atoms with Crippen LogP contribution in [0.15, 0.2) is 12.7 Å². The van der Waals surface area contributed by atoms with E-state index in [-0.39, 0.29) is 17.0 Å². The summed E-state index contributed by atoms with van der Waals surface area (Å²) in [6.07, 6.45) is -1.41. The van der Waals surface area contributed by atoms with Crippen LogP contribution < -0.4 is 11.5 Å². The summed E-state index contributed by atoms with van der Waals surface area (Å²) in [5, 5.41) is 10.3. The number of rotatable bonds is 8. The van der Waals surface area contributed by atoms with Gasteiger partial charge in [0.05, 0.1) is 19.0 Å². The fraction of sp³-hybridized carbons (Fsp3) is 0.500. The first-order chi connectivity index (χ1) is 14.2. The number of nitrogen functional groups attached to an aromatic ring is 1. The molecule has 1 fully saturated rings. The van der Waals surface area contributed by atoms with Gasteiger partial charge in [-0.3, -0.25) is 9.09 Å². The van der Waals surface area contributed by atoms with Gasteiger partial charge >= 0.3 is 23.5 Å². The second-order valence-corrected chi connectivity index (χ2v) is 10.5. The fourth-order valence-electron chi connectivity index (χ4n) is 2.68. The molecule has 0 radical (unpaired) electrons. The first-order valence-corrected chi connectivity index (χ1v) is 12.5. The van der Waals surface area contributed by atoms with E-state index in [9.17, 15) is 23.7 Å². The van der Waals surface area contributed by atoms with Crippen molar-refractivity contribution in [3.8, 4) is 0 Å². The lowest BCUT2D eigenvalue weighted by atomic mass is 10.1. The summed E-state index contributed by atoms with van der Waals surface area (Å²) in [4.78, 5) is 47.5. The lowest BCUT2D eigenvalue weighted by Crippen LogP contribution is -2.40. The van der Waals surface area contributed by atoms with E-state index in [1.807, 2.05) is 0 Å². The van der Waals surface area contributed by atoms with Crippen LogP contribution in [-0.2, 0) is 31.6 Å². The van der Waals surface area contributed by atoms with Gasteiger partial charge < -0.3 is 40.9 Å². The molecule has 1 aliphatic heterocycles. The Bertz CT molecular complexity index is 1110. The van der Waals surface area contributed by atoms with Gasteiger partial charge in [0.25, 0.3) is 0 Å². The van der Waals surface area contributed by atoms with Crippen LogP contribution in [0.2, 0.25) is 0 Å². The molecule has 1 aliphatic rings. The Morgan fingerprint density at radius 2 is 1.77 bits per heavy atom. The van der Waals surface area contributed by atoms with Gasteiger partial charge in [-0.25, -0.2) is 28.6 Å². The minimum atomic E-state index is -5.68. The van der Waals surface area contributed by atoms with Crippen molar-refractivity contribution < 1.29 is 56.3 Å². The number of anilines is 1. The smallest absolute Gasteiger partial charge is 0.389 e. The second-order valence-electron chi connectivity index (χ2n) is 6.10. The van der Waals surface area contributed by atoms with Crippen LogP contribution in [0.3, 0.4) is 0 Å². The Morgan fingerprint density at radius 3 is 2.42 bits per heavy atom. The van der Waals surface area contributed by atoms with Gasteiger partial charge in [0.15, 0.2) is 17.7 Å². The largest absolute Gasteiger partial charge is 0.490 e. The third kappa shape index (κ3) is 5.71. The molecule has 0 spiro atoms. The maximum atomic E-state index is 11.8. The summed E-state index contributed by atoms with van der Waals surface area (Å²) in [7, 11) is -16.6. The Hall–Kier alpha value is -1.36. The van der Waals surface area contributed by atoms with Crippen molar-refractivity contribution in [1.29, 1.82) is 0 Å². The summed E-state index contributed by atoms with van der Waals surface area (Å²) in [5.41, 5.74) is 12.1. The van der Waals surface area contributed by atoms with Crippen molar-refractivity contribution in [3.63, 3.8) is 0 Å². The highest BCUT2D eigenvalue weighted by Gasteiger charge is 2.46. The van der Waals surface area contributed by atoms with Gasteiger partial charge in [0, 0.05) is 0 Å². The molecule has 21 heteroatoms. The van der Waals surface area contributed by atoms with Crippen LogP contribution in [0.25, 0.3) is 11.2 Å². The molecule has 18 nitrogen and oxygen atoms in total. The zero-order chi connectivity index (χ0) is 23.2. The van der Waals surface area contributed by atoms with Crippen molar-refractivity contribution in [2.24, 2.45) is 5.73 Å². The number of nitrogens with two attached hydrogens (primary N) is 2. The molecule has 3 heterocycles. The number of phosphoric acid groups is 3. The van der Waals surface area contributed by atoms with E-state index >= 15 is 0 Å². The van der Waals surface area contributed by atoms with E-state index in [0.717, 1.165) is 0 Å². The first kappa shape index (κ1) is 24.3. The predicted octanol–water partition coefficient (Wildman–Crippen LogP) is -1.66. The van der Waals surface area contributed by atoms with Gasteiger partial charge in [-0.1, -0.05) is 0 Å². The molecule has 174 valence electrons. The fourth-order valence-corrected chi connectivity index (χ4v) is 5.71. The van der Waals surface area contributed by atoms with E-state index in [1.165, 1.54) is 17.2 Å². The van der Waals surface area contributed by atoms with Crippen LogP contribution in [0, 0.1) is 0 Å². The standard InChI is InChI=1S/C10H17N6O12P3/c11-5-7(17)4(1-25-30(21,22)28-31(23,24)27-29(18,19)20)26-10(5)16-3-15-6-8(12)13-2-14-9(6)16/h2-5,7,10,17H,1,11H2,(H,21,22)(H,23,24)(H2,12,13,14)(H2,18,19,20)/t4-,5?,7?,10-/m1/s1. The van der Waals surface area contributed by atoms with Gasteiger partial charge in [-0.05, 0) is 0 Å². The van der Waals surface area contributed by atoms with Crippen LogP contribution >= 0.6 is 23.5 Å². The van der Waals surface area contributed by atoms with E-state index < -0.39 is 54.6 Å². The summed E-state index contributed by atoms with van der Waals surface area (Å²) < 4.78 is 52.3. The quantitative estimate of drug-likeness (QED) is 0.197. The molecule has 3 rings (SSSR count). The molecular formula is C10H17N6O12P3. The van der Waals surface area contributed by atoms with Crippen molar-refractivity contribution in [2.45, 2.75) is 24.5 Å². The zero-order valence-corrected chi connectivity index (χ0v) is 17.7. The topological polar surface area (TPSA) is 285 Å². The molecule has 0 saturated carbocycles. The molecule has 2 aromatic heterocycles. The Balaban J connectivity index is 1.69. The van der Waals surface area contributed by atoms with E-state index in [4.69, 9.17) is 30.9 Å². The second kappa shape index (κ2) is 8.53. The van der Waals surface area contributed by atoms with Crippen molar-refractivity contribution >= 4 is 40.4 Å². The highest BCUT2D eigenvalue weighted by atomic mass is 31.3. The lowest BCUT2D eigenvalue weighted by Gasteiger charge is -2.19. The molecule has 31 heavy (non-hydrogen) atoms. The summed E-state index contributed by atoms with van der Waals surface area (Å²) in [5.74, 6) is 0.0834. The maximum Gasteiger partial charge on any atom is 0.490 e. The number of aromatic nitrogens is 4. The molecule has 6 atom stereocenters. The third-order valence-corrected chi connectivity index (χ3v) is 7.70. The maximum absolute atomic E-state index is 11.8. The molecule has 2 aromatic rings. The number of fused-ring (bicyclic) bond motifs is 1. The molecule has 1 saturated heterocycles. The SMILES string of the molecule is Nc1ncnc2c1ncn2[C@@H]1O[C@H](COP(=O)(O)OP(=O)(O)OP(=O)(O)O)C(O)C1N. The van der Waals surface area contributed by atoms with Gasteiger partial charge in [-0.2, -0.15) is 8.62 Å². The average molecular weight is 506 g/mol. The van der Waals surface area contributed by atoms with E-state index in [1.54, 1.807) is 0 Å². The Labute approximate surface area is 172 Å². The summed E-state index contributed by atoms with van der Waals surface area (Å²) in [6, 6.07) is -1.09. The zero-order valence-electron chi connectivity index (χ0n) is 15.1. The average Bonchev–Trinajstić information content (AvgIpc) is 3.13.